The molecule has 2 N–H and O–H groups in total. The van der Waals surface area contributed by atoms with Crippen molar-refractivity contribution in [1.29, 1.82) is 0 Å². The van der Waals surface area contributed by atoms with Crippen LogP contribution in [0.15, 0.2) is 12.1 Å². The molecule has 0 amide bonds. The SMILES string of the molecule is CC(=O)c1cc(F)cc(CN2C(C)CCCC2CO)c1O. The minimum Gasteiger partial charge on any atom is -0.507 e. The van der Waals surface area contributed by atoms with Gasteiger partial charge in [-0.25, -0.2) is 4.39 Å². The van der Waals surface area contributed by atoms with Crippen molar-refractivity contribution in [2.45, 2.75) is 51.7 Å². The molecule has 0 radical (unpaired) electrons. The lowest BCUT2D eigenvalue weighted by molar-refractivity contribution is 0.0445. The molecule has 1 saturated heterocycles. The fourth-order valence-electron chi connectivity index (χ4n) is 3.06. The molecule has 1 heterocycles. The minimum atomic E-state index is -0.529. The third-order valence-electron chi connectivity index (χ3n) is 4.29. The number of ketones is 1. The highest BCUT2D eigenvalue weighted by atomic mass is 19.1. The molecule has 0 spiro atoms. The predicted molar refractivity (Wildman–Crippen MR) is 77.8 cm³/mol. The van der Waals surface area contributed by atoms with Crippen molar-refractivity contribution >= 4 is 5.78 Å². The van der Waals surface area contributed by atoms with Gasteiger partial charge in [-0.3, -0.25) is 9.69 Å². The van der Waals surface area contributed by atoms with Crippen LogP contribution in [-0.2, 0) is 6.54 Å². The lowest BCUT2D eigenvalue weighted by Crippen LogP contribution is -2.46. The fraction of sp³-hybridized carbons (Fsp3) is 0.562. The van der Waals surface area contributed by atoms with Crippen molar-refractivity contribution in [3.05, 3.63) is 29.1 Å². The molecule has 5 heteroatoms. The number of halogens is 1. The van der Waals surface area contributed by atoms with Crippen LogP contribution in [0.1, 0.15) is 49.0 Å². The van der Waals surface area contributed by atoms with Crippen LogP contribution in [0.3, 0.4) is 0 Å². The Bertz CT molecular complexity index is 532. The Hall–Kier alpha value is -1.46. The van der Waals surface area contributed by atoms with Crippen LogP contribution in [-0.4, -0.2) is 39.6 Å². The van der Waals surface area contributed by atoms with Crippen LogP contribution < -0.4 is 0 Å². The van der Waals surface area contributed by atoms with E-state index < -0.39 is 5.82 Å². The van der Waals surface area contributed by atoms with Gasteiger partial charge in [0.1, 0.15) is 11.6 Å². The molecule has 1 fully saturated rings. The zero-order valence-corrected chi connectivity index (χ0v) is 12.5. The van der Waals surface area contributed by atoms with E-state index in [1.807, 2.05) is 0 Å². The normalized spacial score (nSPS) is 23.2. The van der Waals surface area contributed by atoms with E-state index >= 15 is 0 Å². The van der Waals surface area contributed by atoms with Crippen LogP contribution in [0, 0.1) is 5.82 Å². The number of aliphatic hydroxyl groups is 1. The highest BCUT2D eigenvalue weighted by Crippen LogP contribution is 2.30. The molecule has 0 aliphatic carbocycles. The summed E-state index contributed by atoms with van der Waals surface area (Å²) in [7, 11) is 0. The Morgan fingerprint density at radius 3 is 2.76 bits per heavy atom. The molecule has 2 atom stereocenters. The number of carbonyl (C=O) groups excluding carboxylic acids is 1. The van der Waals surface area contributed by atoms with Crippen molar-refractivity contribution in [2.24, 2.45) is 0 Å². The number of carbonyl (C=O) groups is 1. The predicted octanol–water partition coefficient (Wildman–Crippen LogP) is 2.47. The van der Waals surface area contributed by atoms with Gasteiger partial charge in [0.15, 0.2) is 5.78 Å². The topological polar surface area (TPSA) is 60.8 Å². The Labute approximate surface area is 124 Å². The van der Waals surface area contributed by atoms with Gasteiger partial charge < -0.3 is 10.2 Å². The standard InChI is InChI=1S/C16H22FNO3/c1-10-4-3-5-14(9-19)18(10)8-12-6-13(17)7-15(11(2)20)16(12)21/h6-7,10,14,19,21H,3-5,8-9H2,1-2H3. The molecule has 2 unspecified atom stereocenters. The largest absolute Gasteiger partial charge is 0.507 e. The summed E-state index contributed by atoms with van der Waals surface area (Å²) in [5.41, 5.74) is 0.405. The first-order valence-electron chi connectivity index (χ1n) is 7.33. The highest BCUT2D eigenvalue weighted by Gasteiger charge is 2.28. The van der Waals surface area contributed by atoms with Crippen molar-refractivity contribution in [1.82, 2.24) is 4.90 Å². The third-order valence-corrected chi connectivity index (χ3v) is 4.29. The highest BCUT2D eigenvalue weighted by molar-refractivity contribution is 5.97. The molecular weight excluding hydrogens is 273 g/mol. The summed E-state index contributed by atoms with van der Waals surface area (Å²) in [5, 5.41) is 19.7. The van der Waals surface area contributed by atoms with Crippen molar-refractivity contribution in [3.63, 3.8) is 0 Å². The summed E-state index contributed by atoms with van der Waals surface area (Å²) in [6.07, 6.45) is 2.94. The summed E-state index contributed by atoms with van der Waals surface area (Å²) in [4.78, 5) is 13.5. The van der Waals surface area contributed by atoms with Gasteiger partial charge in [0.2, 0.25) is 0 Å². The molecule has 2 rings (SSSR count). The van der Waals surface area contributed by atoms with E-state index in [0.29, 0.717) is 12.1 Å². The van der Waals surface area contributed by atoms with Crippen LogP contribution in [0.25, 0.3) is 0 Å². The van der Waals surface area contributed by atoms with Gasteiger partial charge in [0.25, 0.3) is 0 Å². The maximum absolute atomic E-state index is 13.7. The van der Waals surface area contributed by atoms with E-state index in [1.54, 1.807) is 0 Å². The van der Waals surface area contributed by atoms with E-state index in [4.69, 9.17) is 0 Å². The first-order valence-corrected chi connectivity index (χ1v) is 7.33. The monoisotopic (exact) mass is 295 g/mol. The number of rotatable bonds is 4. The van der Waals surface area contributed by atoms with Crippen molar-refractivity contribution in [2.75, 3.05) is 6.61 Å². The summed E-state index contributed by atoms with van der Waals surface area (Å²) in [5.74, 6) is -1.05. The van der Waals surface area contributed by atoms with Gasteiger partial charge in [0, 0.05) is 24.2 Å². The van der Waals surface area contributed by atoms with Gasteiger partial charge in [-0.2, -0.15) is 0 Å². The smallest absolute Gasteiger partial charge is 0.163 e. The number of phenolic OH excluding ortho intramolecular Hbond substituents is 1. The van der Waals surface area contributed by atoms with Crippen LogP contribution in [0.2, 0.25) is 0 Å². The van der Waals surface area contributed by atoms with E-state index in [1.165, 1.54) is 13.0 Å². The summed E-state index contributed by atoms with van der Waals surface area (Å²) >= 11 is 0. The number of piperidine rings is 1. The molecule has 1 aliphatic heterocycles. The molecule has 0 aromatic heterocycles. The summed E-state index contributed by atoms with van der Waals surface area (Å²) in [6.45, 7) is 3.73. The number of Topliss-reactive ketones (excluding diaryl/α,β-unsaturated/α-hetero) is 1. The maximum atomic E-state index is 13.7. The van der Waals surface area contributed by atoms with E-state index in [9.17, 15) is 19.4 Å². The van der Waals surface area contributed by atoms with Crippen LogP contribution >= 0.6 is 0 Å². The Kier molecular flexibility index (Phi) is 4.96. The molecule has 4 nitrogen and oxygen atoms in total. The van der Waals surface area contributed by atoms with Crippen LogP contribution in [0.4, 0.5) is 4.39 Å². The van der Waals surface area contributed by atoms with E-state index in [0.717, 1.165) is 25.3 Å². The second-order valence-electron chi connectivity index (χ2n) is 5.81. The second-order valence-corrected chi connectivity index (χ2v) is 5.81. The quantitative estimate of drug-likeness (QED) is 0.838. The molecule has 1 aromatic carbocycles. The molecular formula is C16H22FNO3. The van der Waals surface area contributed by atoms with Gasteiger partial charge in [-0.15, -0.1) is 0 Å². The van der Waals surface area contributed by atoms with Gasteiger partial charge >= 0.3 is 0 Å². The number of nitrogens with zero attached hydrogens (tertiary/aromatic N) is 1. The average molecular weight is 295 g/mol. The van der Waals surface area contributed by atoms with Gasteiger partial charge in [-0.05, 0) is 38.8 Å². The summed E-state index contributed by atoms with van der Waals surface area (Å²) in [6, 6.07) is 2.58. The number of aromatic hydroxyl groups is 1. The van der Waals surface area contributed by atoms with Crippen molar-refractivity contribution < 1.29 is 19.4 Å². The molecule has 21 heavy (non-hydrogen) atoms. The number of aliphatic hydroxyl groups excluding tert-OH is 1. The van der Waals surface area contributed by atoms with Gasteiger partial charge in [-0.1, -0.05) is 6.42 Å². The summed E-state index contributed by atoms with van der Waals surface area (Å²) < 4.78 is 13.7. The first-order chi connectivity index (χ1) is 9.93. The lowest BCUT2D eigenvalue weighted by Gasteiger charge is -2.40. The molecule has 0 saturated carbocycles. The Balaban J connectivity index is 2.31. The number of hydrogen-bond acceptors (Lipinski definition) is 4. The molecule has 1 aliphatic rings. The minimum absolute atomic E-state index is 0.00945. The lowest BCUT2D eigenvalue weighted by atomic mass is 9.95. The van der Waals surface area contributed by atoms with Crippen LogP contribution in [0.5, 0.6) is 5.75 Å². The number of hydrogen-bond donors (Lipinski definition) is 2. The van der Waals surface area contributed by atoms with E-state index in [2.05, 4.69) is 11.8 Å². The molecule has 0 bridgehead atoms. The Morgan fingerprint density at radius 2 is 2.14 bits per heavy atom. The number of likely N-dealkylation sites (tertiary alicyclic amines) is 1. The second kappa shape index (κ2) is 6.54. The number of phenols is 1. The zero-order chi connectivity index (χ0) is 15.6. The third kappa shape index (κ3) is 3.41. The first kappa shape index (κ1) is 15.9. The Morgan fingerprint density at radius 1 is 1.43 bits per heavy atom. The maximum Gasteiger partial charge on any atom is 0.163 e. The molecule has 116 valence electrons. The van der Waals surface area contributed by atoms with Crippen molar-refractivity contribution in [3.8, 4) is 5.75 Å². The fourth-order valence-corrected chi connectivity index (χ4v) is 3.06. The average Bonchev–Trinajstić information content (AvgIpc) is 2.44. The number of benzene rings is 1. The zero-order valence-electron chi connectivity index (χ0n) is 12.5. The van der Waals surface area contributed by atoms with Gasteiger partial charge in [0.05, 0.1) is 12.2 Å². The van der Waals surface area contributed by atoms with E-state index in [-0.39, 0.29) is 35.8 Å². The molecule has 1 aromatic rings.